The number of likely N-dealkylation sites (N-methyl/N-ethyl adjacent to an activating group) is 1. The Bertz CT molecular complexity index is 1490. The van der Waals surface area contributed by atoms with Crippen LogP contribution < -0.4 is 15.6 Å². The van der Waals surface area contributed by atoms with Crippen molar-refractivity contribution in [3.05, 3.63) is 76.2 Å². The molecule has 0 radical (unpaired) electrons. The normalized spacial score (nSPS) is 16.0. The molecule has 4 aromatic rings. The zero-order chi connectivity index (χ0) is 23.8. The van der Waals surface area contributed by atoms with E-state index in [4.69, 9.17) is 9.72 Å². The first-order chi connectivity index (χ1) is 17.2. The maximum atomic E-state index is 13.3. The van der Waals surface area contributed by atoms with Gasteiger partial charge in [-0.2, -0.15) is 9.97 Å². The van der Waals surface area contributed by atoms with E-state index in [-0.39, 0.29) is 5.56 Å². The third kappa shape index (κ3) is 4.19. The van der Waals surface area contributed by atoms with Gasteiger partial charge in [-0.1, -0.05) is 24.3 Å². The molecule has 2 bridgehead atoms. The number of pyridine rings is 1. The van der Waals surface area contributed by atoms with Crippen molar-refractivity contribution in [1.82, 2.24) is 29.2 Å². The molecule has 0 fully saturated rings. The largest absolute Gasteiger partial charge is 0.478 e. The molecule has 0 aliphatic carbocycles. The molecular formula is C26H27N7O2. The van der Waals surface area contributed by atoms with Crippen LogP contribution in [0.3, 0.4) is 0 Å². The highest BCUT2D eigenvalue weighted by Crippen LogP contribution is 2.24. The highest BCUT2D eigenvalue weighted by Gasteiger charge is 2.19. The molecule has 0 spiro atoms. The summed E-state index contributed by atoms with van der Waals surface area (Å²) in [6.07, 6.45) is 8.45. The van der Waals surface area contributed by atoms with Gasteiger partial charge in [-0.05, 0) is 55.6 Å². The fourth-order valence-corrected chi connectivity index (χ4v) is 4.66. The lowest BCUT2D eigenvalue weighted by Gasteiger charge is -2.25. The number of nitrogens with zero attached hydrogens (tertiary/aromatic N) is 6. The summed E-state index contributed by atoms with van der Waals surface area (Å²) in [7, 11) is 2.14. The first-order valence-electron chi connectivity index (χ1n) is 12.0. The zero-order valence-corrected chi connectivity index (χ0v) is 19.6. The summed E-state index contributed by atoms with van der Waals surface area (Å²) >= 11 is 0. The first kappa shape index (κ1) is 21.5. The van der Waals surface area contributed by atoms with Gasteiger partial charge in [0.25, 0.3) is 5.56 Å². The lowest BCUT2D eigenvalue weighted by Crippen LogP contribution is -2.26. The fourth-order valence-electron chi connectivity index (χ4n) is 4.66. The molecule has 35 heavy (non-hydrogen) atoms. The Morgan fingerprint density at radius 2 is 2.03 bits per heavy atom. The molecule has 0 unspecified atom stereocenters. The smallest absolute Gasteiger partial charge is 0.278 e. The molecule has 9 nitrogen and oxygen atoms in total. The van der Waals surface area contributed by atoms with Crippen molar-refractivity contribution in [3.63, 3.8) is 0 Å². The zero-order valence-electron chi connectivity index (χ0n) is 19.6. The number of ether oxygens (including phenoxy) is 1. The standard InChI is InChI=1S/C26H27N7O2/c1-31-13-11-18-15-20(10-9-19(18)17-31)28-26-27-16-21-24(30-26)33-22-7-6-8-23(29-22)35-14-5-3-2-4-12-32(33)25(21)34/h2,4,6-10,15-16H,3,5,11-14,17H2,1H3,(H,27,28,30). The molecular weight excluding hydrogens is 442 g/mol. The topological polar surface area (TPSA) is 90.1 Å². The number of hydrogen-bond acceptors (Lipinski definition) is 7. The van der Waals surface area contributed by atoms with E-state index < -0.39 is 0 Å². The van der Waals surface area contributed by atoms with Crippen molar-refractivity contribution in [2.45, 2.75) is 32.4 Å². The summed E-state index contributed by atoms with van der Waals surface area (Å²) in [6.45, 7) is 3.02. The highest BCUT2D eigenvalue weighted by molar-refractivity contribution is 5.77. The third-order valence-corrected chi connectivity index (χ3v) is 6.48. The minimum absolute atomic E-state index is 0.153. The predicted octanol–water partition coefficient (Wildman–Crippen LogP) is 3.44. The molecule has 1 N–H and O–H groups in total. The first-order valence-corrected chi connectivity index (χ1v) is 12.0. The quantitative estimate of drug-likeness (QED) is 0.450. The molecule has 0 amide bonds. The lowest BCUT2D eigenvalue weighted by atomic mass is 9.99. The minimum atomic E-state index is -0.153. The fraction of sp³-hybridized carbons (Fsp3) is 0.308. The van der Waals surface area contributed by atoms with Crippen molar-refractivity contribution >= 4 is 22.7 Å². The predicted molar refractivity (Wildman–Crippen MR) is 135 cm³/mol. The van der Waals surface area contributed by atoms with E-state index in [2.05, 4.69) is 51.5 Å². The summed E-state index contributed by atoms with van der Waals surface area (Å²) in [5, 5.41) is 3.77. The number of allylic oxidation sites excluding steroid dienone is 2. The van der Waals surface area contributed by atoms with E-state index in [1.807, 2.05) is 24.3 Å². The molecule has 178 valence electrons. The van der Waals surface area contributed by atoms with Gasteiger partial charge < -0.3 is 15.0 Å². The van der Waals surface area contributed by atoms with E-state index in [1.165, 1.54) is 11.1 Å². The van der Waals surface area contributed by atoms with Crippen LogP contribution in [-0.4, -0.2) is 49.4 Å². The average Bonchev–Trinajstić information content (AvgIpc) is 3.14. The van der Waals surface area contributed by atoms with Gasteiger partial charge in [-0.25, -0.2) is 14.3 Å². The van der Waals surface area contributed by atoms with Crippen LogP contribution in [0.15, 0.2) is 59.5 Å². The minimum Gasteiger partial charge on any atom is -0.478 e. The van der Waals surface area contributed by atoms with E-state index in [0.717, 1.165) is 38.0 Å². The van der Waals surface area contributed by atoms with Gasteiger partial charge in [0.05, 0.1) is 13.2 Å². The number of anilines is 2. The van der Waals surface area contributed by atoms with Crippen LogP contribution in [0, 0.1) is 0 Å². The Morgan fingerprint density at radius 1 is 1.09 bits per heavy atom. The summed E-state index contributed by atoms with van der Waals surface area (Å²) in [6, 6.07) is 11.9. The summed E-state index contributed by atoms with van der Waals surface area (Å²) in [5.41, 5.74) is 3.97. The van der Waals surface area contributed by atoms with Crippen LogP contribution in [0.5, 0.6) is 5.88 Å². The second-order valence-corrected chi connectivity index (χ2v) is 9.02. The van der Waals surface area contributed by atoms with Gasteiger partial charge in [0.15, 0.2) is 11.5 Å². The molecule has 6 rings (SSSR count). The van der Waals surface area contributed by atoms with Crippen LogP contribution in [0.1, 0.15) is 24.0 Å². The van der Waals surface area contributed by atoms with Crippen molar-refractivity contribution in [2.24, 2.45) is 0 Å². The molecule has 0 saturated carbocycles. The van der Waals surface area contributed by atoms with Crippen molar-refractivity contribution < 1.29 is 4.74 Å². The van der Waals surface area contributed by atoms with Crippen LogP contribution >= 0.6 is 0 Å². The van der Waals surface area contributed by atoms with E-state index in [9.17, 15) is 4.79 Å². The second kappa shape index (κ2) is 8.99. The molecule has 9 heteroatoms. The Morgan fingerprint density at radius 3 is 2.97 bits per heavy atom. The molecule has 0 atom stereocenters. The Kier molecular flexibility index (Phi) is 5.54. The number of hydrogen-bond donors (Lipinski definition) is 1. The van der Waals surface area contributed by atoms with Crippen LogP contribution in [-0.2, 0) is 19.5 Å². The average molecular weight is 470 g/mol. The number of nitrogens with one attached hydrogen (secondary N) is 1. The molecule has 2 aliphatic rings. The van der Waals surface area contributed by atoms with Crippen LogP contribution in [0.2, 0.25) is 0 Å². The molecule has 3 aromatic heterocycles. The maximum absolute atomic E-state index is 13.3. The Balaban J connectivity index is 1.43. The maximum Gasteiger partial charge on any atom is 0.278 e. The van der Waals surface area contributed by atoms with Gasteiger partial charge in [-0.15, -0.1) is 0 Å². The van der Waals surface area contributed by atoms with Crippen LogP contribution in [0.4, 0.5) is 11.6 Å². The lowest BCUT2D eigenvalue weighted by molar-refractivity contribution is 0.299. The summed E-state index contributed by atoms with van der Waals surface area (Å²) < 4.78 is 9.21. The SMILES string of the molecule is CN1CCc2cc(Nc3ncc4c(=O)n5n(c4n3)-c3cccc(n3)OCCCC=CC5)ccc2C1. The van der Waals surface area contributed by atoms with Gasteiger partial charge in [0.1, 0.15) is 5.39 Å². The van der Waals surface area contributed by atoms with E-state index in [0.29, 0.717) is 41.8 Å². The number of benzene rings is 1. The monoisotopic (exact) mass is 469 g/mol. The Hall–Kier alpha value is -3.98. The molecule has 0 saturated heterocycles. The summed E-state index contributed by atoms with van der Waals surface area (Å²) in [5.74, 6) is 1.53. The molecule has 5 heterocycles. The number of rotatable bonds is 2. The highest BCUT2D eigenvalue weighted by atomic mass is 16.5. The molecule has 1 aromatic carbocycles. The number of aromatic nitrogens is 5. The third-order valence-electron chi connectivity index (χ3n) is 6.48. The van der Waals surface area contributed by atoms with E-state index in [1.54, 1.807) is 15.6 Å². The summed E-state index contributed by atoms with van der Waals surface area (Å²) in [4.78, 5) is 29.5. The van der Waals surface area contributed by atoms with Gasteiger partial charge in [-0.3, -0.25) is 4.79 Å². The Labute approximate surface area is 202 Å². The van der Waals surface area contributed by atoms with Crippen molar-refractivity contribution in [2.75, 3.05) is 25.5 Å². The van der Waals surface area contributed by atoms with Gasteiger partial charge in [0.2, 0.25) is 11.8 Å². The van der Waals surface area contributed by atoms with E-state index >= 15 is 0 Å². The second-order valence-electron chi connectivity index (χ2n) is 9.02. The van der Waals surface area contributed by atoms with Crippen LogP contribution in [0.25, 0.3) is 16.9 Å². The van der Waals surface area contributed by atoms with Gasteiger partial charge in [0, 0.05) is 31.0 Å². The van der Waals surface area contributed by atoms with Crippen molar-refractivity contribution in [3.8, 4) is 11.7 Å². The van der Waals surface area contributed by atoms with Gasteiger partial charge >= 0.3 is 0 Å². The van der Waals surface area contributed by atoms with Crippen molar-refractivity contribution in [1.29, 1.82) is 0 Å². The molecule has 2 aliphatic heterocycles. The number of fused-ring (bicyclic) bond motifs is 7.